The van der Waals surface area contributed by atoms with Gasteiger partial charge in [0.25, 0.3) is 0 Å². The highest BCUT2D eigenvalue weighted by molar-refractivity contribution is 5.77. The van der Waals surface area contributed by atoms with Crippen molar-refractivity contribution in [3.05, 3.63) is 30.3 Å². The summed E-state index contributed by atoms with van der Waals surface area (Å²) in [5.74, 6) is -0.604. The smallest absolute Gasteiger partial charge is 0.305 e. The van der Waals surface area contributed by atoms with Crippen LogP contribution >= 0.6 is 0 Å². The molecule has 1 atom stereocenters. The van der Waals surface area contributed by atoms with Crippen molar-refractivity contribution in [3.8, 4) is 11.4 Å². The molecule has 1 aromatic carbocycles. The fourth-order valence-corrected chi connectivity index (χ4v) is 2.80. The van der Waals surface area contributed by atoms with Gasteiger partial charge in [0.1, 0.15) is 6.54 Å². The molecule has 0 saturated carbocycles. The second-order valence-corrected chi connectivity index (χ2v) is 5.49. The van der Waals surface area contributed by atoms with Gasteiger partial charge >= 0.3 is 5.97 Å². The quantitative estimate of drug-likeness (QED) is 0.876. The maximum Gasteiger partial charge on any atom is 0.305 e. The molecule has 3 rings (SSSR count). The van der Waals surface area contributed by atoms with Crippen LogP contribution < -0.4 is 0 Å². The van der Waals surface area contributed by atoms with Crippen molar-refractivity contribution < 1.29 is 14.7 Å². The van der Waals surface area contributed by atoms with Gasteiger partial charge in [0, 0.05) is 18.2 Å². The van der Waals surface area contributed by atoms with Crippen LogP contribution in [0, 0.1) is 0 Å². The number of nitrogens with zero attached hydrogens (tertiary/aromatic N) is 5. The zero-order chi connectivity index (χ0) is 16.2. The summed E-state index contributed by atoms with van der Waals surface area (Å²) in [5, 5.41) is 21.0. The number of aromatic nitrogens is 4. The molecule has 120 valence electrons. The van der Waals surface area contributed by atoms with Crippen LogP contribution in [0.3, 0.4) is 0 Å². The molecule has 1 amide bonds. The molecule has 0 spiro atoms. The van der Waals surface area contributed by atoms with Crippen molar-refractivity contribution in [1.29, 1.82) is 0 Å². The van der Waals surface area contributed by atoms with E-state index in [1.165, 1.54) is 4.80 Å². The van der Waals surface area contributed by atoms with E-state index in [1.807, 2.05) is 30.3 Å². The van der Waals surface area contributed by atoms with Crippen LogP contribution in [0.5, 0.6) is 0 Å². The Labute approximate surface area is 132 Å². The minimum Gasteiger partial charge on any atom is -0.481 e. The van der Waals surface area contributed by atoms with E-state index in [0.717, 1.165) is 18.4 Å². The molecule has 1 aromatic heterocycles. The highest BCUT2D eigenvalue weighted by atomic mass is 16.4. The second kappa shape index (κ2) is 6.55. The third-order valence-corrected chi connectivity index (χ3v) is 3.87. The van der Waals surface area contributed by atoms with Gasteiger partial charge in [0.15, 0.2) is 0 Å². The number of aliphatic carboxylic acids is 1. The highest BCUT2D eigenvalue weighted by Gasteiger charge is 2.30. The molecule has 1 unspecified atom stereocenters. The van der Waals surface area contributed by atoms with E-state index in [4.69, 9.17) is 5.11 Å². The molecule has 1 saturated heterocycles. The summed E-state index contributed by atoms with van der Waals surface area (Å²) in [6.07, 6.45) is 1.52. The van der Waals surface area contributed by atoms with Gasteiger partial charge in [-0.2, -0.15) is 4.80 Å². The first-order chi connectivity index (χ1) is 11.1. The number of benzene rings is 1. The first kappa shape index (κ1) is 15.1. The Morgan fingerprint density at radius 2 is 2.04 bits per heavy atom. The standard InChI is InChI=1S/C15H17N5O3/c21-13(19-8-4-7-12(19)9-14(22)23)10-20-17-15(16-18-20)11-5-2-1-3-6-11/h1-3,5-6,12H,4,7-10H2,(H,22,23). The van der Waals surface area contributed by atoms with Gasteiger partial charge in [-0.3, -0.25) is 9.59 Å². The van der Waals surface area contributed by atoms with Crippen LogP contribution in [0.2, 0.25) is 0 Å². The van der Waals surface area contributed by atoms with Gasteiger partial charge in [-0.25, -0.2) is 0 Å². The second-order valence-electron chi connectivity index (χ2n) is 5.49. The summed E-state index contributed by atoms with van der Waals surface area (Å²) in [6, 6.07) is 9.15. The number of rotatable bonds is 5. The summed E-state index contributed by atoms with van der Waals surface area (Å²) < 4.78 is 0. The predicted molar refractivity (Wildman–Crippen MR) is 80.2 cm³/mol. The molecule has 1 N–H and O–H groups in total. The van der Waals surface area contributed by atoms with Crippen LogP contribution in [0.1, 0.15) is 19.3 Å². The molecule has 2 heterocycles. The number of hydrogen-bond donors (Lipinski definition) is 1. The zero-order valence-corrected chi connectivity index (χ0v) is 12.5. The van der Waals surface area contributed by atoms with Crippen LogP contribution in [-0.4, -0.2) is 54.7 Å². The van der Waals surface area contributed by atoms with Crippen molar-refractivity contribution in [2.45, 2.75) is 31.8 Å². The number of carbonyl (C=O) groups excluding carboxylic acids is 1. The molecular weight excluding hydrogens is 298 g/mol. The monoisotopic (exact) mass is 315 g/mol. The Balaban J connectivity index is 1.66. The van der Waals surface area contributed by atoms with Gasteiger partial charge in [-0.05, 0) is 18.1 Å². The number of carbonyl (C=O) groups is 2. The lowest BCUT2D eigenvalue weighted by Crippen LogP contribution is -2.39. The average Bonchev–Trinajstić information content (AvgIpc) is 3.17. The predicted octanol–water partition coefficient (Wildman–Crippen LogP) is 0.806. The molecule has 0 bridgehead atoms. The van der Waals surface area contributed by atoms with Crippen molar-refractivity contribution in [2.75, 3.05) is 6.54 Å². The Morgan fingerprint density at radius 3 is 2.78 bits per heavy atom. The van der Waals surface area contributed by atoms with Gasteiger partial charge in [0.2, 0.25) is 11.7 Å². The maximum atomic E-state index is 12.4. The molecule has 1 fully saturated rings. The van der Waals surface area contributed by atoms with E-state index < -0.39 is 5.97 Å². The number of hydrogen-bond acceptors (Lipinski definition) is 5. The zero-order valence-electron chi connectivity index (χ0n) is 12.5. The lowest BCUT2D eigenvalue weighted by atomic mass is 10.1. The van der Waals surface area contributed by atoms with Crippen molar-refractivity contribution in [2.24, 2.45) is 0 Å². The number of likely N-dealkylation sites (tertiary alicyclic amines) is 1. The van der Waals surface area contributed by atoms with E-state index in [0.29, 0.717) is 12.4 Å². The van der Waals surface area contributed by atoms with Crippen LogP contribution in [-0.2, 0) is 16.1 Å². The van der Waals surface area contributed by atoms with Crippen molar-refractivity contribution in [3.63, 3.8) is 0 Å². The molecular formula is C15H17N5O3. The van der Waals surface area contributed by atoms with Crippen LogP contribution in [0.4, 0.5) is 0 Å². The summed E-state index contributed by atoms with van der Waals surface area (Å²) in [7, 11) is 0. The Morgan fingerprint density at radius 1 is 1.26 bits per heavy atom. The van der Waals surface area contributed by atoms with E-state index >= 15 is 0 Å². The van der Waals surface area contributed by atoms with Gasteiger partial charge in [0.05, 0.1) is 6.42 Å². The third kappa shape index (κ3) is 3.53. The van der Waals surface area contributed by atoms with E-state index in [1.54, 1.807) is 4.90 Å². The summed E-state index contributed by atoms with van der Waals surface area (Å²) >= 11 is 0. The Kier molecular flexibility index (Phi) is 4.31. The largest absolute Gasteiger partial charge is 0.481 e. The Bertz CT molecular complexity index is 700. The van der Waals surface area contributed by atoms with E-state index in [9.17, 15) is 9.59 Å². The fourth-order valence-electron chi connectivity index (χ4n) is 2.80. The maximum absolute atomic E-state index is 12.4. The number of carboxylic acids is 1. The van der Waals surface area contributed by atoms with E-state index in [2.05, 4.69) is 15.4 Å². The van der Waals surface area contributed by atoms with Gasteiger partial charge < -0.3 is 10.0 Å². The van der Waals surface area contributed by atoms with Crippen LogP contribution in [0.25, 0.3) is 11.4 Å². The normalized spacial score (nSPS) is 17.4. The first-order valence-electron chi connectivity index (χ1n) is 7.48. The van der Waals surface area contributed by atoms with Gasteiger partial charge in [-0.15, -0.1) is 10.2 Å². The van der Waals surface area contributed by atoms with Crippen molar-refractivity contribution in [1.82, 2.24) is 25.1 Å². The molecule has 0 aliphatic carbocycles. The molecule has 1 aliphatic heterocycles. The first-order valence-corrected chi connectivity index (χ1v) is 7.48. The molecule has 23 heavy (non-hydrogen) atoms. The number of carboxylic acid groups (broad SMARTS) is 1. The molecule has 2 aromatic rings. The van der Waals surface area contributed by atoms with Gasteiger partial charge in [-0.1, -0.05) is 30.3 Å². The van der Waals surface area contributed by atoms with Crippen molar-refractivity contribution >= 4 is 11.9 Å². The summed E-state index contributed by atoms with van der Waals surface area (Å²) in [5.41, 5.74) is 0.830. The lowest BCUT2D eigenvalue weighted by molar-refractivity contribution is -0.140. The molecule has 8 nitrogen and oxygen atoms in total. The highest BCUT2D eigenvalue weighted by Crippen LogP contribution is 2.20. The molecule has 0 radical (unpaired) electrons. The molecule has 1 aliphatic rings. The third-order valence-electron chi connectivity index (χ3n) is 3.87. The number of tetrazole rings is 1. The minimum atomic E-state index is -0.889. The molecule has 8 heteroatoms. The summed E-state index contributed by atoms with van der Waals surface area (Å²) in [4.78, 5) is 26.1. The minimum absolute atomic E-state index is 0.0220. The van der Waals surface area contributed by atoms with Crippen LogP contribution in [0.15, 0.2) is 30.3 Å². The SMILES string of the molecule is O=C(O)CC1CCCN1C(=O)Cn1nnc(-c2ccccc2)n1. The average molecular weight is 315 g/mol. The Hall–Kier alpha value is -2.77. The van der Waals surface area contributed by atoms with E-state index in [-0.39, 0.29) is 24.9 Å². The summed E-state index contributed by atoms with van der Waals surface area (Å²) in [6.45, 7) is 0.549. The lowest BCUT2D eigenvalue weighted by Gasteiger charge is -2.22. The number of amides is 1. The topological polar surface area (TPSA) is 101 Å². The fraction of sp³-hybridized carbons (Fsp3) is 0.400.